The second-order valence-electron chi connectivity index (χ2n) is 3.54. The second-order valence-corrected chi connectivity index (χ2v) is 6.04. The van der Waals surface area contributed by atoms with Gasteiger partial charge < -0.3 is 4.74 Å². The Hall–Kier alpha value is -1.18. The largest absolute Gasteiger partial charge is 0.481 e. The Morgan fingerprint density at radius 1 is 1.29 bits per heavy atom. The molecule has 5 heteroatoms. The second kappa shape index (κ2) is 5.44. The van der Waals surface area contributed by atoms with Gasteiger partial charge in [-0.05, 0) is 44.0 Å². The van der Waals surface area contributed by atoms with Crippen LogP contribution in [0, 0.1) is 25.7 Å². The summed E-state index contributed by atoms with van der Waals surface area (Å²) in [7, 11) is 1.64. The van der Waals surface area contributed by atoms with Gasteiger partial charge in [0.15, 0.2) is 0 Å². The minimum Gasteiger partial charge on any atom is -0.481 e. The molecule has 0 aliphatic rings. The van der Waals surface area contributed by atoms with Crippen molar-refractivity contribution in [1.82, 2.24) is 0 Å². The van der Waals surface area contributed by atoms with Crippen LogP contribution in [0.1, 0.15) is 18.1 Å². The zero-order valence-corrected chi connectivity index (χ0v) is 11.4. The van der Waals surface area contributed by atoms with Crippen molar-refractivity contribution in [2.75, 3.05) is 6.61 Å². The van der Waals surface area contributed by atoms with E-state index in [1.54, 1.807) is 32.9 Å². The van der Waals surface area contributed by atoms with Gasteiger partial charge >= 0.3 is 0 Å². The standard InChI is InChI=1S/C12H13ClO3S/c1-4-5-6-16-11-7-9(2)12(10(3)8-11)17(13,14)15/h7-8H,6H2,1-3H3. The van der Waals surface area contributed by atoms with Gasteiger partial charge in [0.05, 0.1) is 4.90 Å². The van der Waals surface area contributed by atoms with Gasteiger partial charge in [-0.15, -0.1) is 5.92 Å². The van der Waals surface area contributed by atoms with Crippen LogP contribution in [0.3, 0.4) is 0 Å². The Morgan fingerprint density at radius 2 is 1.82 bits per heavy atom. The SMILES string of the molecule is CC#CCOc1cc(C)c(S(=O)(=O)Cl)c(C)c1. The summed E-state index contributed by atoms with van der Waals surface area (Å²) in [6.45, 7) is 5.37. The molecule has 0 aliphatic carbocycles. The summed E-state index contributed by atoms with van der Waals surface area (Å²) in [5, 5.41) is 0. The smallest absolute Gasteiger partial charge is 0.261 e. The molecule has 3 nitrogen and oxygen atoms in total. The summed E-state index contributed by atoms with van der Waals surface area (Å²) in [5.74, 6) is 6.06. The molecule has 0 spiro atoms. The molecule has 1 aromatic carbocycles. The van der Waals surface area contributed by atoms with Gasteiger partial charge in [-0.3, -0.25) is 0 Å². The van der Waals surface area contributed by atoms with E-state index in [4.69, 9.17) is 15.4 Å². The number of benzene rings is 1. The lowest BCUT2D eigenvalue weighted by molar-refractivity contribution is 0.369. The maximum Gasteiger partial charge on any atom is 0.261 e. The Balaban J connectivity index is 3.13. The van der Waals surface area contributed by atoms with E-state index in [0.29, 0.717) is 16.9 Å². The van der Waals surface area contributed by atoms with Crippen LogP contribution in [0.4, 0.5) is 0 Å². The van der Waals surface area contributed by atoms with Crippen LogP contribution >= 0.6 is 10.7 Å². The van der Waals surface area contributed by atoms with E-state index in [9.17, 15) is 8.42 Å². The minimum absolute atomic E-state index is 0.146. The van der Waals surface area contributed by atoms with Crippen LogP contribution in [-0.4, -0.2) is 15.0 Å². The summed E-state index contributed by atoms with van der Waals surface area (Å²) in [6.07, 6.45) is 0. The van der Waals surface area contributed by atoms with Crippen molar-refractivity contribution >= 4 is 19.7 Å². The first-order valence-electron chi connectivity index (χ1n) is 4.94. The van der Waals surface area contributed by atoms with Crippen molar-refractivity contribution in [3.63, 3.8) is 0 Å². The van der Waals surface area contributed by atoms with Gasteiger partial charge in [0, 0.05) is 10.7 Å². The van der Waals surface area contributed by atoms with E-state index < -0.39 is 9.05 Å². The molecule has 0 saturated carbocycles. The van der Waals surface area contributed by atoms with Gasteiger partial charge in [-0.2, -0.15) is 0 Å². The third-order valence-electron chi connectivity index (χ3n) is 2.17. The predicted octanol–water partition coefficient (Wildman–Crippen LogP) is 2.63. The first-order chi connectivity index (χ1) is 7.86. The normalized spacial score (nSPS) is 10.6. The van der Waals surface area contributed by atoms with Gasteiger partial charge in [-0.25, -0.2) is 8.42 Å². The van der Waals surface area contributed by atoms with Crippen molar-refractivity contribution < 1.29 is 13.2 Å². The Labute approximate surface area is 106 Å². The topological polar surface area (TPSA) is 43.4 Å². The van der Waals surface area contributed by atoms with Gasteiger partial charge in [0.1, 0.15) is 12.4 Å². The number of hydrogen-bond donors (Lipinski definition) is 0. The Kier molecular flexibility index (Phi) is 4.44. The summed E-state index contributed by atoms with van der Waals surface area (Å²) in [4.78, 5) is 0.146. The third-order valence-corrected chi connectivity index (χ3v) is 3.76. The summed E-state index contributed by atoms with van der Waals surface area (Å²) < 4.78 is 28.1. The van der Waals surface area contributed by atoms with Gasteiger partial charge in [0.2, 0.25) is 0 Å². The average molecular weight is 273 g/mol. The number of aryl methyl sites for hydroxylation is 2. The molecule has 0 N–H and O–H groups in total. The zero-order chi connectivity index (χ0) is 13.1. The molecule has 0 atom stereocenters. The number of ether oxygens (including phenoxy) is 1. The van der Waals surface area contributed by atoms with Crippen LogP contribution in [0.25, 0.3) is 0 Å². The van der Waals surface area contributed by atoms with Crippen molar-refractivity contribution in [3.8, 4) is 17.6 Å². The number of halogens is 1. The minimum atomic E-state index is -3.72. The molecule has 1 rings (SSSR count). The van der Waals surface area contributed by atoms with Crippen LogP contribution < -0.4 is 4.74 Å². The highest BCUT2D eigenvalue weighted by Gasteiger charge is 2.17. The summed E-state index contributed by atoms with van der Waals surface area (Å²) in [5.41, 5.74) is 1.14. The molecule has 0 heterocycles. The maximum absolute atomic E-state index is 11.3. The summed E-state index contributed by atoms with van der Waals surface area (Å²) >= 11 is 0. The fraction of sp³-hybridized carbons (Fsp3) is 0.333. The van der Waals surface area contributed by atoms with Gasteiger partial charge in [-0.1, -0.05) is 5.92 Å². The molecule has 0 unspecified atom stereocenters. The fourth-order valence-electron chi connectivity index (χ4n) is 1.57. The van der Waals surface area contributed by atoms with Crippen LogP contribution in [0.2, 0.25) is 0 Å². The first kappa shape index (κ1) is 13.9. The van der Waals surface area contributed by atoms with Crippen molar-refractivity contribution in [2.45, 2.75) is 25.7 Å². The summed E-state index contributed by atoms with van der Waals surface area (Å²) in [6, 6.07) is 3.28. The highest BCUT2D eigenvalue weighted by molar-refractivity contribution is 8.13. The molecule has 0 fully saturated rings. The molecular formula is C12H13ClO3S. The molecule has 1 aromatic rings. The zero-order valence-electron chi connectivity index (χ0n) is 9.87. The highest BCUT2D eigenvalue weighted by Crippen LogP contribution is 2.28. The quantitative estimate of drug-likeness (QED) is 0.628. The lowest BCUT2D eigenvalue weighted by atomic mass is 10.1. The van der Waals surface area contributed by atoms with E-state index in [0.717, 1.165) is 0 Å². The van der Waals surface area contributed by atoms with E-state index >= 15 is 0 Å². The van der Waals surface area contributed by atoms with E-state index in [1.807, 2.05) is 0 Å². The van der Waals surface area contributed by atoms with Gasteiger partial charge in [0.25, 0.3) is 9.05 Å². The highest BCUT2D eigenvalue weighted by atomic mass is 35.7. The molecule has 0 aliphatic heterocycles. The molecule has 92 valence electrons. The number of hydrogen-bond acceptors (Lipinski definition) is 3. The third kappa shape index (κ3) is 3.65. The van der Waals surface area contributed by atoms with Crippen LogP contribution in [-0.2, 0) is 9.05 Å². The van der Waals surface area contributed by atoms with Crippen molar-refractivity contribution in [2.24, 2.45) is 0 Å². The Bertz CT molecular complexity index is 556. The maximum atomic E-state index is 11.3. The van der Waals surface area contributed by atoms with E-state index in [2.05, 4.69) is 11.8 Å². The Morgan fingerprint density at radius 3 is 2.24 bits per heavy atom. The first-order valence-corrected chi connectivity index (χ1v) is 7.25. The van der Waals surface area contributed by atoms with Crippen LogP contribution in [0.5, 0.6) is 5.75 Å². The van der Waals surface area contributed by atoms with E-state index in [1.165, 1.54) is 0 Å². The van der Waals surface area contributed by atoms with Crippen molar-refractivity contribution in [3.05, 3.63) is 23.3 Å². The number of rotatable bonds is 3. The molecular weight excluding hydrogens is 260 g/mol. The lowest BCUT2D eigenvalue weighted by Crippen LogP contribution is -2.01. The molecule has 0 amide bonds. The van der Waals surface area contributed by atoms with Crippen LogP contribution in [0.15, 0.2) is 17.0 Å². The molecule has 0 radical (unpaired) electrons. The molecule has 0 aromatic heterocycles. The average Bonchev–Trinajstić information content (AvgIpc) is 2.14. The molecule has 0 saturated heterocycles. The predicted molar refractivity (Wildman–Crippen MR) is 67.9 cm³/mol. The molecule has 17 heavy (non-hydrogen) atoms. The van der Waals surface area contributed by atoms with Crippen molar-refractivity contribution in [1.29, 1.82) is 0 Å². The fourth-order valence-corrected chi connectivity index (χ4v) is 3.19. The molecule has 0 bridgehead atoms. The monoisotopic (exact) mass is 272 g/mol. The lowest BCUT2D eigenvalue weighted by Gasteiger charge is -2.09. The van der Waals surface area contributed by atoms with E-state index in [-0.39, 0.29) is 11.5 Å².